The molecule has 0 aromatic heterocycles. The van der Waals surface area contributed by atoms with Gasteiger partial charge in [0, 0.05) is 11.4 Å². The van der Waals surface area contributed by atoms with E-state index in [0.717, 1.165) is 13.1 Å². The van der Waals surface area contributed by atoms with Gasteiger partial charge in [-0.25, -0.2) is 4.79 Å². The average Bonchev–Trinajstić information content (AvgIpc) is 2.33. The fourth-order valence-corrected chi connectivity index (χ4v) is 2.04. The van der Waals surface area contributed by atoms with Crippen molar-refractivity contribution in [2.75, 3.05) is 25.5 Å². The molecule has 1 saturated heterocycles. The second-order valence-electron chi connectivity index (χ2n) is 4.46. The molecule has 6 heteroatoms. The van der Waals surface area contributed by atoms with Crippen LogP contribution in [0.1, 0.15) is 16.8 Å². The first-order chi connectivity index (χ1) is 9.10. The molecule has 0 radical (unpaired) electrons. The first kappa shape index (κ1) is 13.8. The summed E-state index contributed by atoms with van der Waals surface area (Å²) >= 11 is 5.88. The summed E-state index contributed by atoms with van der Waals surface area (Å²) in [6.07, 6.45) is 0.431. The van der Waals surface area contributed by atoms with E-state index in [0.29, 0.717) is 28.6 Å². The topological polar surface area (TPSA) is 67.4 Å². The van der Waals surface area contributed by atoms with Crippen molar-refractivity contribution in [1.82, 2.24) is 5.32 Å². The highest BCUT2D eigenvalue weighted by molar-refractivity contribution is 6.31. The molecule has 1 amide bonds. The number of hydrogen-bond donors (Lipinski definition) is 2. The fraction of sp³-hybridized carbons (Fsp3) is 0.385. The van der Waals surface area contributed by atoms with Crippen molar-refractivity contribution >= 4 is 29.2 Å². The summed E-state index contributed by atoms with van der Waals surface area (Å²) in [5.41, 5.74) is 0.684. The molecule has 1 fully saturated rings. The van der Waals surface area contributed by atoms with Gasteiger partial charge in [-0.15, -0.1) is 0 Å². The molecule has 2 rings (SSSR count). The number of nitrogens with one attached hydrogen (secondary N) is 2. The summed E-state index contributed by atoms with van der Waals surface area (Å²) in [7, 11) is 1.29. The minimum absolute atomic E-state index is 0.126. The van der Waals surface area contributed by atoms with Crippen LogP contribution in [0.15, 0.2) is 18.2 Å². The highest BCUT2D eigenvalue weighted by Crippen LogP contribution is 2.22. The molecule has 1 aromatic carbocycles. The molecule has 1 aromatic rings. The SMILES string of the molecule is COC(=O)c1ccc(Cl)cc1NC(=O)CC1CNC1. The van der Waals surface area contributed by atoms with E-state index < -0.39 is 5.97 Å². The molecule has 1 aliphatic heterocycles. The van der Waals surface area contributed by atoms with Crippen LogP contribution in [-0.2, 0) is 9.53 Å². The van der Waals surface area contributed by atoms with E-state index in [1.54, 1.807) is 12.1 Å². The first-order valence-electron chi connectivity index (χ1n) is 5.98. The summed E-state index contributed by atoms with van der Waals surface area (Å²) in [4.78, 5) is 23.4. The van der Waals surface area contributed by atoms with Crippen molar-refractivity contribution in [1.29, 1.82) is 0 Å². The summed E-state index contributed by atoms with van der Waals surface area (Å²) in [5.74, 6) is -0.267. The van der Waals surface area contributed by atoms with Gasteiger partial charge in [-0.2, -0.15) is 0 Å². The number of methoxy groups -OCH3 is 1. The van der Waals surface area contributed by atoms with Gasteiger partial charge in [0.2, 0.25) is 5.91 Å². The fourth-order valence-electron chi connectivity index (χ4n) is 1.86. The van der Waals surface area contributed by atoms with Gasteiger partial charge in [0.1, 0.15) is 0 Å². The number of halogens is 1. The number of esters is 1. The molecule has 102 valence electrons. The molecule has 0 saturated carbocycles. The van der Waals surface area contributed by atoms with Gasteiger partial charge < -0.3 is 15.4 Å². The maximum absolute atomic E-state index is 11.9. The largest absolute Gasteiger partial charge is 0.465 e. The van der Waals surface area contributed by atoms with Crippen molar-refractivity contribution in [3.05, 3.63) is 28.8 Å². The van der Waals surface area contributed by atoms with Crippen molar-refractivity contribution in [3.63, 3.8) is 0 Å². The Morgan fingerprint density at radius 2 is 2.21 bits per heavy atom. The Labute approximate surface area is 116 Å². The number of carbonyl (C=O) groups is 2. The zero-order valence-electron chi connectivity index (χ0n) is 10.5. The monoisotopic (exact) mass is 282 g/mol. The van der Waals surface area contributed by atoms with E-state index in [9.17, 15) is 9.59 Å². The lowest BCUT2D eigenvalue weighted by Crippen LogP contribution is -2.43. The molecule has 2 N–H and O–H groups in total. The van der Waals surface area contributed by atoms with Crippen LogP contribution in [-0.4, -0.2) is 32.1 Å². The Balaban J connectivity index is 2.10. The summed E-state index contributed by atoms with van der Waals surface area (Å²) in [6.45, 7) is 1.71. The minimum atomic E-state index is -0.503. The summed E-state index contributed by atoms with van der Waals surface area (Å²) in [5, 5.41) is 6.27. The van der Waals surface area contributed by atoms with E-state index in [4.69, 9.17) is 11.6 Å². The van der Waals surface area contributed by atoms with Gasteiger partial charge in [-0.05, 0) is 37.2 Å². The lowest BCUT2D eigenvalue weighted by molar-refractivity contribution is -0.117. The number of carbonyl (C=O) groups excluding carboxylic acids is 2. The van der Waals surface area contributed by atoms with Gasteiger partial charge in [0.25, 0.3) is 0 Å². The zero-order valence-corrected chi connectivity index (χ0v) is 11.3. The van der Waals surface area contributed by atoms with Crippen LogP contribution < -0.4 is 10.6 Å². The van der Waals surface area contributed by atoms with E-state index in [-0.39, 0.29) is 5.91 Å². The van der Waals surface area contributed by atoms with Gasteiger partial charge in [-0.3, -0.25) is 4.79 Å². The Hall–Kier alpha value is -1.59. The molecule has 0 bridgehead atoms. The summed E-state index contributed by atoms with van der Waals surface area (Å²) < 4.78 is 4.67. The van der Waals surface area contributed by atoms with Gasteiger partial charge in [0.15, 0.2) is 0 Å². The first-order valence-corrected chi connectivity index (χ1v) is 6.36. The maximum Gasteiger partial charge on any atom is 0.339 e. The number of anilines is 1. The van der Waals surface area contributed by atoms with Crippen molar-refractivity contribution in [2.24, 2.45) is 5.92 Å². The van der Waals surface area contributed by atoms with Crippen LogP contribution in [0.3, 0.4) is 0 Å². The minimum Gasteiger partial charge on any atom is -0.465 e. The molecule has 0 unspecified atom stereocenters. The van der Waals surface area contributed by atoms with E-state index in [1.165, 1.54) is 13.2 Å². The predicted octanol–water partition coefficient (Wildman–Crippen LogP) is 1.67. The standard InChI is InChI=1S/C13H15ClN2O3/c1-19-13(18)10-3-2-9(14)5-11(10)16-12(17)4-8-6-15-7-8/h2-3,5,8,15H,4,6-7H2,1H3,(H,16,17). The molecular weight excluding hydrogens is 268 g/mol. The third-order valence-corrected chi connectivity index (χ3v) is 3.24. The Morgan fingerprint density at radius 3 is 2.79 bits per heavy atom. The van der Waals surface area contributed by atoms with Crippen LogP contribution in [0, 0.1) is 5.92 Å². The van der Waals surface area contributed by atoms with Crippen molar-refractivity contribution < 1.29 is 14.3 Å². The van der Waals surface area contributed by atoms with Crippen LogP contribution in [0.5, 0.6) is 0 Å². The highest BCUT2D eigenvalue weighted by atomic mass is 35.5. The average molecular weight is 283 g/mol. The van der Waals surface area contributed by atoms with E-state index in [2.05, 4.69) is 15.4 Å². The van der Waals surface area contributed by atoms with Gasteiger partial charge in [-0.1, -0.05) is 11.6 Å². The third-order valence-electron chi connectivity index (χ3n) is 3.00. The van der Waals surface area contributed by atoms with Crippen LogP contribution in [0.4, 0.5) is 5.69 Å². The molecular formula is C13H15ClN2O3. The number of ether oxygens (including phenoxy) is 1. The third kappa shape index (κ3) is 3.45. The lowest BCUT2D eigenvalue weighted by Gasteiger charge is -2.26. The smallest absolute Gasteiger partial charge is 0.339 e. The highest BCUT2D eigenvalue weighted by Gasteiger charge is 2.21. The zero-order chi connectivity index (χ0) is 13.8. The van der Waals surface area contributed by atoms with E-state index in [1.807, 2.05) is 0 Å². The van der Waals surface area contributed by atoms with E-state index >= 15 is 0 Å². The summed E-state index contributed by atoms with van der Waals surface area (Å²) in [6, 6.07) is 4.67. The normalized spacial score (nSPS) is 14.6. The van der Waals surface area contributed by atoms with Crippen LogP contribution in [0.25, 0.3) is 0 Å². The number of rotatable bonds is 4. The van der Waals surface area contributed by atoms with Gasteiger partial charge >= 0.3 is 5.97 Å². The number of benzene rings is 1. The van der Waals surface area contributed by atoms with Crippen LogP contribution >= 0.6 is 11.6 Å². The van der Waals surface area contributed by atoms with Gasteiger partial charge in [0.05, 0.1) is 18.4 Å². The number of amides is 1. The maximum atomic E-state index is 11.9. The lowest BCUT2D eigenvalue weighted by atomic mass is 9.99. The molecule has 19 heavy (non-hydrogen) atoms. The Kier molecular flexibility index (Phi) is 4.39. The second kappa shape index (κ2) is 6.04. The molecule has 0 spiro atoms. The Morgan fingerprint density at radius 1 is 1.47 bits per heavy atom. The molecule has 0 aliphatic carbocycles. The number of hydrogen-bond acceptors (Lipinski definition) is 4. The van der Waals surface area contributed by atoms with Crippen molar-refractivity contribution in [2.45, 2.75) is 6.42 Å². The molecule has 0 atom stereocenters. The molecule has 1 aliphatic rings. The van der Waals surface area contributed by atoms with Crippen molar-refractivity contribution in [3.8, 4) is 0 Å². The quantitative estimate of drug-likeness (QED) is 0.825. The second-order valence-corrected chi connectivity index (χ2v) is 4.89. The Bertz CT molecular complexity index is 501. The predicted molar refractivity (Wildman–Crippen MR) is 72.4 cm³/mol. The van der Waals surface area contributed by atoms with Crippen LogP contribution in [0.2, 0.25) is 5.02 Å². The molecule has 5 nitrogen and oxygen atoms in total. The molecule has 1 heterocycles.